The second kappa shape index (κ2) is 8.06. The molecule has 3 atom stereocenters. The SMILES string of the molecule is C[C@@H]1CN([C@@H](CNC(=O)[C@@H](C)N)c2c(F)cccc2Cl)CCO1. The predicted octanol–water partition coefficient (Wildman–Crippen LogP) is 1.70. The second-order valence-corrected chi connectivity index (χ2v) is 6.27. The second-order valence-electron chi connectivity index (χ2n) is 5.86. The monoisotopic (exact) mass is 343 g/mol. The summed E-state index contributed by atoms with van der Waals surface area (Å²) in [6.07, 6.45) is 0.0425. The number of rotatable bonds is 5. The fourth-order valence-corrected chi connectivity index (χ4v) is 3.02. The number of hydrogen-bond donors (Lipinski definition) is 2. The summed E-state index contributed by atoms with van der Waals surface area (Å²) in [5, 5.41) is 3.13. The van der Waals surface area contributed by atoms with E-state index in [-0.39, 0.29) is 30.4 Å². The molecular formula is C16H23ClFN3O2. The molecule has 0 radical (unpaired) electrons. The minimum absolute atomic E-state index is 0.0425. The molecule has 0 aromatic heterocycles. The average molecular weight is 344 g/mol. The van der Waals surface area contributed by atoms with Crippen LogP contribution in [0.15, 0.2) is 18.2 Å². The van der Waals surface area contributed by atoms with Gasteiger partial charge in [-0.3, -0.25) is 9.69 Å². The molecule has 1 heterocycles. The summed E-state index contributed by atoms with van der Waals surface area (Å²) in [6, 6.07) is 3.63. The number of nitrogens with two attached hydrogens (primary N) is 1. The topological polar surface area (TPSA) is 67.6 Å². The molecule has 0 aliphatic carbocycles. The number of benzene rings is 1. The van der Waals surface area contributed by atoms with Crippen LogP contribution in [0.2, 0.25) is 5.02 Å². The van der Waals surface area contributed by atoms with Crippen molar-refractivity contribution in [2.45, 2.75) is 32.0 Å². The van der Waals surface area contributed by atoms with Crippen molar-refractivity contribution >= 4 is 17.5 Å². The molecular weight excluding hydrogens is 321 g/mol. The Morgan fingerprint density at radius 2 is 2.35 bits per heavy atom. The van der Waals surface area contributed by atoms with E-state index in [0.29, 0.717) is 30.3 Å². The molecule has 0 spiro atoms. The van der Waals surface area contributed by atoms with Crippen LogP contribution in [0.5, 0.6) is 0 Å². The first-order valence-electron chi connectivity index (χ1n) is 7.73. The van der Waals surface area contributed by atoms with Crippen LogP contribution >= 0.6 is 11.6 Å². The van der Waals surface area contributed by atoms with Crippen molar-refractivity contribution in [3.8, 4) is 0 Å². The normalized spacial score (nSPS) is 21.7. The van der Waals surface area contributed by atoms with E-state index in [1.165, 1.54) is 6.07 Å². The van der Waals surface area contributed by atoms with Gasteiger partial charge in [0, 0.05) is 30.2 Å². The van der Waals surface area contributed by atoms with Crippen LogP contribution in [0.3, 0.4) is 0 Å². The Kier molecular flexibility index (Phi) is 6.35. The third-order valence-electron chi connectivity index (χ3n) is 3.93. The van der Waals surface area contributed by atoms with Crippen molar-refractivity contribution in [3.05, 3.63) is 34.6 Å². The Morgan fingerprint density at radius 1 is 1.61 bits per heavy atom. The van der Waals surface area contributed by atoms with Crippen LogP contribution in [0, 0.1) is 5.82 Å². The highest BCUT2D eigenvalue weighted by Gasteiger charge is 2.29. The summed E-state index contributed by atoms with van der Waals surface area (Å²) >= 11 is 6.22. The van der Waals surface area contributed by atoms with E-state index < -0.39 is 6.04 Å². The molecule has 5 nitrogen and oxygen atoms in total. The summed E-state index contributed by atoms with van der Waals surface area (Å²) in [5.74, 6) is -0.652. The molecule has 1 amide bonds. The van der Waals surface area contributed by atoms with Crippen LogP contribution < -0.4 is 11.1 Å². The Labute approximate surface area is 140 Å². The van der Waals surface area contributed by atoms with Crippen LogP contribution in [0.1, 0.15) is 25.5 Å². The molecule has 128 valence electrons. The molecule has 0 bridgehead atoms. The van der Waals surface area contributed by atoms with Crippen molar-refractivity contribution in [1.29, 1.82) is 0 Å². The molecule has 1 aromatic rings. The lowest BCUT2D eigenvalue weighted by molar-refractivity contribution is -0.122. The summed E-state index contributed by atoms with van der Waals surface area (Å²) in [5.41, 5.74) is 5.97. The highest BCUT2D eigenvalue weighted by Crippen LogP contribution is 2.31. The molecule has 0 saturated carbocycles. The minimum atomic E-state index is -0.615. The number of nitrogens with one attached hydrogen (secondary N) is 1. The van der Waals surface area contributed by atoms with Gasteiger partial charge in [-0.05, 0) is 26.0 Å². The van der Waals surface area contributed by atoms with Crippen LogP contribution in [-0.4, -0.2) is 49.2 Å². The molecule has 0 unspecified atom stereocenters. The lowest BCUT2D eigenvalue weighted by atomic mass is 10.0. The van der Waals surface area contributed by atoms with E-state index in [1.54, 1.807) is 19.1 Å². The summed E-state index contributed by atoms with van der Waals surface area (Å²) in [4.78, 5) is 13.9. The highest BCUT2D eigenvalue weighted by atomic mass is 35.5. The van der Waals surface area contributed by atoms with Gasteiger partial charge in [0.25, 0.3) is 0 Å². The number of morpholine rings is 1. The quantitative estimate of drug-likeness (QED) is 0.854. The zero-order valence-corrected chi connectivity index (χ0v) is 14.1. The van der Waals surface area contributed by atoms with Gasteiger partial charge >= 0.3 is 0 Å². The molecule has 3 N–H and O–H groups in total. The van der Waals surface area contributed by atoms with Gasteiger partial charge in [0.1, 0.15) is 5.82 Å². The first-order chi connectivity index (χ1) is 10.9. The molecule has 1 aromatic carbocycles. The number of halogens is 2. The maximum Gasteiger partial charge on any atom is 0.236 e. The number of ether oxygens (including phenoxy) is 1. The third kappa shape index (κ3) is 4.64. The molecule has 1 aliphatic heterocycles. The Hall–Kier alpha value is -1.21. The van der Waals surface area contributed by atoms with Gasteiger partial charge < -0.3 is 15.8 Å². The van der Waals surface area contributed by atoms with Crippen molar-refractivity contribution < 1.29 is 13.9 Å². The van der Waals surface area contributed by atoms with E-state index in [2.05, 4.69) is 10.2 Å². The zero-order chi connectivity index (χ0) is 17.0. The molecule has 23 heavy (non-hydrogen) atoms. The summed E-state index contributed by atoms with van der Waals surface area (Å²) < 4.78 is 19.9. The van der Waals surface area contributed by atoms with Gasteiger partial charge in [-0.2, -0.15) is 0 Å². The molecule has 7 heteroatoms. The van der Waals surface area contributed by atoms with Crippen molar-refractivity contribution in [2.24, 2.45) is 5.73 Å². The van der Waals surface area contributed by atoms with Crippen LogP contribution in [-0.2, 0) is 9.53 Å². The van der Waals surface area contributed by atoms with Gasteiger partial charge in [-0.1, -0.05) is 17.7 Å². The Morgan fingerprint density at radius 3 is 2.96 bits per heavy atom. The van der Waals surface area contributed by atoms with E-state index >= 15 is 0 Å². The van der Waals surface area contributed by atoms with E-state index in [0.717, 1.165) is 0 Å². The fourth-order valence-electron chi connectivity index (χ4n) is 2.73. The number of amides is 1. The lowest BCUT2D eigenvalue weighted by Crippen LogP contribution is -2.48. The average Bonchev–Trinajstić information content (AvgIpc) is 2.49. The van der Waals surface area contributed by atoms with Crippen LogP contribution in [0.25, 0.3) is 0 Å². The number of carbonyl (C=O) groups is 1. The van der Waals surface area contributed by atoms with Crippen molar-refractivity contribution in [3.63, 3.8) is 0 Å². The first kappa shape index (κ1) is 18.1. The van der Waals surface area contributed by atoms with E-state index in [9.17, 15) is 9.18 Å². The number of nitrogens with zero attached hydrogens (tertiary/aromatic N) is 1. The predicted molar refractivity (Wildman–Crippen MR) is 87.8 cm³/mol. The highest BCUT2D eigenvalue weighted by molar-refractivity contribution is 6.31. The van der Waals surface area contributed by atoms with E-state index in [4.69, 9.17) is 22.1 Å². The number of hydrogen-bond acceptors (Lipinski definition) is 4. The summed E-state index contributed by atoms with van der Waals surface area (Å²) in [6.45, 7) is 5.67. The summed E-state index contributed by atoms with van der Waals surface area (Å²) in [7, 11) is 0. The maximum absolute atomic E-state index is 14.4. The standard InChI is InChI=1S/C16H23ClFN3O2/c1-10-9-21(6-7-23-10)14(8-20-16(22)11(2)19)15-12(17)4-3-5-13(15)18/h3-5,10-11,14H,6-9,19H2,1-2H3,(H,20,22)/t10-,11-,14+/m1/s1. The molecule has 1 aliphatic rings. The van der Waals surface area contributed by atoms with Crippen molar-refractivity contribution in [2.75, 3.05) is 26.2 Å². The molecule has 1 fully saturated rings. The van der Waals surface area contributed by atoms with Crippen molar-refractivity contribution in [1.82, 2.24) is 10.2 Å². The number of carbonyl (C=O) groups excluding carboxylic acids is 1. The first-order valence-corrected chi connectivity index (χ1v) is 8.10. The fraction of sp³-hybridized carbons (Fsp3) is 0.562. The smallest absolute Gasteiger partial charge is 0.236 e. The van der Waals surface area contributed by atoms with Crippen LogP contribution in [0.4, 0.5) is 4.39 Å². The Balaban J connectivity index is 2.25. The van der Waals surface area contributed by atoms with Gasteiger partial charge in [-0.25, -0.2) is 4.39 Å². The van der Waals surface area contributed by atoms with Gasteiger partial charge in [0.2, 0.25) is 5.91 Å². The van der Waals surface area contributed by atoms with Gasteiger partial charge in [0.15, 0.2) is 0 Å². The molecule has 1 saturated heterocycles. The zero-order valence-electron chi connectivity index (χ0n) is 13.4. The maximum atomic E-state index is 14.4. The minimum Gasteiger partial charge on any atom is -0.376 e. The Bertz CT molecular complexity index is 536. The van der Waals surface area contributed by atoms with Gasteiger partial charge in [-0.15, -0.1) is 0 Å². The van der Waals surface area contributed by atoms with E-state index in [1.807, 2.05) is 6.92 Å². The van der Waals surface area contributed by atoms with Gasteiger partial charge in [0.05, 0.1) is 24.8 Å². The molecule has 2 rings (SSSR count). The lowest BCUT2D eigenvalue weighted by Gasteiger charge is -2.38. The third-order valence-corrected chi connectivity index (χ3v) is 4.26. The largest absolute Gasteiger partial charge is 0.376 e.